The Morgan fingerprint density at radius 2 is 1.91 bits per heavy atom. The van der Waals surface area contributed by atoms with Crippen LogP contribution in [0.5, 0.6) is 0 Å². The Morgan fingerprint density at radius 1 is 1.36 bits per heavy atom. The summed E-state index contributed by atoms with van der Waals surface area (Å²) >= 11 is 0. The second kappa shape index (κ2) is 1.63. The molecule has 2 bridgehead atoms. The van der Waals surface area contributed by atoms with Gasteiger partial charge in [0.25, 0.3) is 0 Å². The maximum atomic E-state index is 6.10. The highest BCUT2D eigenvalue weighted by atomic mass is 16.5. The molecule has 0 radical (unpaired) electrons. The molecule has 2 saturated heterocycles. The minimum absolute atomic E-state index is 0.0712. The highest BCUT2D eigenvalue weighted by molar-refractivity contribution is 5.24. The first-order valence-electron chi connectivity index (χ1n) is 4.12. The Bertz CT molecular complexity index is 192. The van der Waals surface area contributed by atoms with E-state index in [1.165, 1.54) is 0 Å². The van der Waals surface area contributed by atoms with Crippen LogP contribution in [-0.4, -0.2) is 23.3 Å². The van der Waals surface area contributed by atoms with Crippen molar-refractivity contribution < 1.29 is 4.74 Å². The molecular weight excluding hydrogens is 140 g/mol. The molecule has 0 aromatic heterocycles. The van der Waals surface area contributed by atoms with Gasteiger partial charge in [0.1, 0.15) is 0 Å². The van der Waals surface area contributed by atoms with Crippen LogP contribution in [0.4, 0.5) is 0 Å². The maximum absolute atomic E-state index is 6.10. The number of fused-ring (bicyclic) bond motifs is 1. The lowest BCUT2D eigenvalue weighted by atomic mass is 9.63. The summed E-state index contributed by atoms with van der Waals surface area (Å²) in [5, 5.41) is 0. The summed E-state index contributed by atoms with van der Waals surface area (Å²) < 4.78 is 5.81. The van der Waals surface area contributed by atoms with Crippen molar-refractivity contribution >= 4 is 0 Å². The number of ether oxygens (including phenoxy) is 1. The van der Waals surface area contributed by atoms with E-state index in [1.54, 1.807) is 0 Å². The summed E-state index contributed by atoms with van der Waals surface area (Å²) in [5.74, 6) is 0. The van der Waals surface area contributed by atoms with Crippen molar-refractivity contribution in [2.45, 2.75) is 43.4 Å². The Kier molecular flexibility index (Phi) is 1.11. The van der Waals surface area contributed by atoms with Gasteiger partial charge in [0, 0.05) is 12.1 Å². The standard InChI is InChI=1S/C8H16N2O/c1-6(2)8(10)3-7(4-8,5-9)11-6/h3-5,9-10H2,1-2H3. The molecule has 11 heavy (non-hydrogen) atoms. The van der Waals surface area contributed by atoms with Crippen LogP contribution >= 0.6 is 0 Å². The fraction of sp³-hybridized carbons (Fsp3) is 1.00. The molecule has 0 aromatic carbocycles. The predicted octanol–water partition coefficient (Wildman–Crippen LogP) is -0.0160. The third kappa shape index (κ3) is 0.687. The lowest BCUT2D eigenvalue weighted by Gasteiger charge is -2.43. The first kappa shape index (κ1) is 7.53. The summed E-state index contributed by atoms with van der Waals surface area (Å²) in [4.78, 5) is 0. The normalized spacial score (nSPS) is 52.4. The zero-order valence-electron chi connectivity index (χ0n) is 7.18. The zero-order chi connectivity index (χ0) is 8.33. The van der Waals surface area contributed by atoms with Gasteiger partial charge in [-0.1, -0.05) is 0 Å². The van der Waals surface area contributed by atoms with Crippen molar-refractivity contribution in [1.29, 1.82) is 0 Å². The van der Waals surface area contributed by atoms with E-state index < -0.39 is 0 Å². The zero-order valence-corrected chi connectivity index (χ0v) is 7.18. The maximum Gasteiger partial charge on any atom is 0.0849 e. The number of rotatable bonds is 1. The van der Waals surface area contributed by atoms with Gasteiger partial charge in [-0.15, -0.1) is 0 Å². The van der Waals surface area contributed by atoms with Crippen molar-refractivity contribution in [3.63, 3.8) is 0 Å². The van der Waals surface area contributed by atoms with E-state index in [2.05, 4.69) is 13.8 Å². The molecule has 1 saturated carbocycles. The van der Waals surface area contributed by atoms with Gasteiger partial charge in [-0.2, -0.15) is 0 Å². The largest absolute Gasteiger partial charge is 0.366 e. The molecule has 3 heteroatoms. The van der Waals surface area contributed by atoms with Crippen LogP contribution in [0, 0.1) is 0 Å². The lowest BCUT2D eigenvalue weighted by Crippen LogP contribution is -2.61. The molecular formula is C8H16N2O. The summed E-state index contributed by atoms with van der Waals surface area (Å²) in [6, 6.07) is 0. The molecule has 3 nitrogen and oxygen atoms in total. The van der Waals surface area contributed by atoms with Crippen LogP contribution < -0.4 is 11.5 Å². The van der Waals surface area contributed by atoms with Crippen LogP contribution in [0.2, 0.25) is 0 Å². The average Bonchev–Trinajstić information content (AvgIpc) is 2.10. The Labute approximate surface area is 67.1 Å². The molecule has 1 aliphatic carbocycles. The predicted molar refractivity (Wildman–Crippen MR) is 43.1 cm³/mol. The minimum atomic E-state index is -0.174. The third-order valence-corrected chi connectivity index (χ3v) is 3.32. The average molecular weight is 156 g/mol. The molecule has 4 N–H and O–H groups in total. The van der Waals surface area contributed by atoms with E-state index in [0.717, 1.165) is 12.8 Å². The third-order valence-electron chi connectivity index (χ3n) is 3.32. The topological polar surface area (TPSA) is 61.3 Å². The first-order chi connectivity index (χ1) is 4.93. The SMILES string of the molecule is CC1(C)OC2(CN)CC1(N)C2. The van der Waals surface area contributed by atoms with Gasteiger partial charge in [0.15, 0.2) is 0 Å². The number of hydrogen-bond acceptors (Lipinski definition) is 3. The van der Waals surface area contributed by atoms with Crippen molar-refractivity contribution in [3.05, 3.63) is 0 Å². The van der Waals surface area contributed by atoms with Crippen LogP contribution in [0.1, 0.15) is 26.7 Å². The van der Waals surface area contributed by atoms with Gasteiger partial charge >= 0.3 is 0 Å². The molecule has 64 valence electrons. The van der Waals surface area contributed by atoms with Crippen LogP contribution in [-0.2, 0) is 4.74 Å². The van der Waals surface area contributed by atoms with Gasteiger partial charge in [-0.05, 0) is 26.7 Å². The van der Waals surface area contributed by atoms with Crippen molar-refractivity contribution in [1.82, 2.24) is 0 Å². The van der Waals surface area contributed by atoms with Gasteiger partial charge in [0.05, 0.1) is 11.2 Å². The van der Waals surface area contributed by atoms with Gasteiger partial charge in [-0.25, -0.2) is 0 Å². The smallest absolute Gasteiger partial charge is 0.0849 e. The van der Waals surface area contributed by atoms with E-state index in [9.17, 15) is 0 Å². The number of nitrogens with two attached hydrogens (primary N) is 2. The summed E-state index contributed by atoms with van der Waals surface area (Å²) in [7, 11) is 0. The monoisotopic (exact) mass is 156 g/mol. The highest BCUT2D eigenvalue weighted by Crippen LogP contribution is 2.58. The first-order valence-corrected chi connectivity index (χ1v) is 4.12. The minimum Gasteiger partial charge on any atom is -0.366 e. The summed E-state index contributed by atoms with van der Waals surface area (Å²) in [5.41, 5.74) is 11.4. The molecule has 3 aliphatic rings. The van der Waals surface area contributed by atoms with Crippen molar-refractivity contribution in [2.75, 3.05) is 6.54 Å². The van der Waals surface area contributed by atoms with Crippen LogP contribution in [0.3, 0.4) is 0 Å². The molecule has 2 heterocycles. The molecule has 0 aromatic rings. The second-order valence-electron chi connectivity index (χ2n) is 4.51. The fourth-order valence-electron chi connectivity index (χ4n) is 2.42. The molecule has 0 unspecified atom stereocenters. The van der Waals surface area contributed by atoms with E-state index >= 15 is 0 Å². The second-order valence-corrected chi connectivity index (χ2v) is 4.51. The van der Waals surface area contributed by atoms with E-state index in [-0.39, 0.29) is 16.7 Å². The lowest BCUT2D eigenvalue weighted by molar-refractivity contribution is -0.0488. The van der Waals surface area contributed by atoms with E-state index in [1.807, 2.05) is 0 Å². The van der Waals surface area contributed by atoms with Gasteiger partial charge in [-0.3, -0.25) is 0 Å². The molecule has 2 aliphatic heterocycles. The van der Waals surface area contributed by atoms with Crippen molar-refractivity contribution in [3.8, 4) is 0 Å². The molecule has 3 rings (SSSR count). The van der Waals surface area contributed by atoms with E-state index in [0.29, 0.717) is 6.54 Å². The highest BCUT2D eigenvalue weighted by Gasteiger charge is 2.69. The number of hydrogen-bond donors (Lipinski definition) is 2. The van der Waals surface area contributed by atoms with Crippen LogP contribution in [0.15, 0.2) is 0 Å². The molecule has 0 amide bonds. The Hall–Kier alpha value is -0.120. The van der Waals surface area contributed by atoms with Crippen LogP contribution in [0.25, 0.3) is 0 Å². The fourth-order valence-corrected chi connectivity index (χ4v) is 2.42. The molecule has 0 spiro atoms. The van der Waals surface area contributed by atoms with Gasteiger partial charge in [0.2, 0.25) is 0 Å². The van der Waals surface area contributed by atoms with E-state index in [4.69, 9.17) is 16.2 Å². The van der Waals surface area contributed by atoms with Gasteiger partial charge < -0.3 is 16.2 Å². The summed E-state index contributed by atoms with van der Waals surface area (Å²) in [6.45, 7) is 4.71. The quantitative estimate of drug-likeness (QED) is 0.561. The molecule has 3 fully saturated rings. The molecule has 0 atom stereocenters. The summed E-state index contributed by atoms with van der Waals surface area (Å²) in [6.07, 6.45) is 1.87. The Balaban J connectivity index is 2.25. The van der Waals surface area contributed by atoms with Crippen molar-refractivity contribution in [2.24, 2.45) is 11.5 Å². The Morgan fingerprint density at radius 3 is 2.09 bits per heavy atom.